The molecule has 4 rings (SSSR count). The normalized spacial score (nSPS) is 21.3. The van der Waals surface area contributed by atoms with E-state index < -0.39 is 5.97 Å². The number of aliphatic carboxylic acids is 1. The molecule has 146 valence electrons. The molecular weight excluding hydrogens is 348 g/mol. The molecule has 2 aliphatic heterocycles. The number of imidazole rings is 1. The van der Waals surface area contributed by atoms with Crippen LogP contribution in [0.2, 0.25) is 0 Å². The first kappa shape index (κ1) is 19.3. The summed E-state index contributed by atoms with van der Waals surface area (Å²) in [5, 5.41) is 7.42. The Morgan fingerprint density at radius 2 is 2.04 bits per heavy atom. The highest BCUT2D eigenvalue weighted by Crippen LogP contribution is 2.40. The van der Waals surface area contributed by atoms with Crippen LogP contribution in [-0.4, -0.2) is 51.0 Å². The predicted molar refractivity (Wildman–Crippen MR) is 100 cm³/mol. The maximum Gasteiger partial charge on any atom is 0.300 e. The molecule has 1 spiro atoms. The van der Waals surface area contributed by atoms with Crippen molar-refractivity contribution in [2.45, 2.75) is 44.2 Å². The molecule has 2 aromatic rings. The lowest BCUT2D eigenvalue weighted by molar-refractivity contribution is -0.144. The first-order chi connectivity index (χ1) is 13.0. The van der Waals surface area contributed by atoms with Crippen LogP contribution >= 0.6 is 0 Å². The van der Waals surface area contributed by atoms with Crippen molar-refractivity contribution in [2.24, 2.45) is 0 Å². The Bertz CT molecular complexity index is 761. The van der Waals surface area contributed by atoms with Gasteiger partial charge in [-0.2, -0.15) is 0 Å². The van der Waals surface area contributed by atoms with Crippen molar-refractivity contribution in [3.8, 4) is 11.4 Å². The summed E-state index contributed by atoms with van der Waals surface area (Å²) in [5.74, 6) is 0.637. The van der Waals surface area contributed by atoms with Gasteiger partial charge in [-0.1, -0.05) is 0 Å². The number of aromatic nitrogens is 3. The van der Waals surface area contributed by atoms with Gasteiger partial charge in [-0.3, -0.25) is 4.79 Å². The molecular formula is C19H26N4O4. The third-order valence-corrected chi connectivity index (χ3v) is 4.97. The third kappa shape index (κ3) is 4.84. The highest BCUT2D eigenvalue weighted by Gasteiger charge is 2.39. The zero-order valence-corrected chi connectivity index (χ0v) is 15.5. The molecule has 2 saturated heterocycles. The molecule has 2 fully saturated rings. The number of carbonyl (C=O) groups is 1. The molecule has 1 unspecified atom stereocenters. The molecule has 0 saturated carbocycles. The zero-order valence-electron chi connectivity index (χ0n) is 15.5. The van der Waals surface area contributed by atoms with Gasteiger partial charge in [0.25, 0.3) is 5.97 Å². The highest BCUT2D eigenvalue weighted by atomic mass is 16.5. The molecule has 2 aliphatic rings. The van der Waals surface area contributed by atoms with Crippen molar-refractivity contribution in [1.29, 1.82) is 0 Å². The van der Waals surface area contributed by atoms with Crippen LogP contribution in [0.3, 0.4) is 0 Å². The fourth-order valence-corrected chi connectivity index (χ4v) is 3.75. The van der Waals surface area contributed by atoms with E-state index in [0.717, 1.165) is 63.8 Å². The van der Waals surface area contributed by atoms with Crippen molar-refractivity contribution >= 4 is 11.8 Å². The second-order valence-electron chi connectivity index (χ2n) is 6.94. The summed E-state index contributed by atoms with van der Waals surface area (Å²) < 4.78 is 13.9. The molecule has 0 radical (unpaired) electrons. The summed E-state index contributed by atoms with van der Waals surface area (Å²) >= 11 is 0. The van der Waals surface area contributed by atoms with Gasteiger partial charge in [0.15, 0.2) is 0 Å². The molecule has 3 N–H and O–H groups in total. The summed E-state index contributed by atoms with van der Waals surface area (Å²) in [7, 11) is 0. The number of carboxylic acid groups (broad SMARTS) is 1. The van der Waals surface area contributed by atoms with Gasteiger partial charge in [-0.05, 0) is 37.8 Å². The van der Waals surface area contributed by atoms with Crippen molar-refractivity contribution in [2.75, 3.05) is 25.6 Å². The molecule has 8 heteroatoms. The topological polar surface area (TPSA) is 112 Å². The van der Waals surface area contributed by atoms with Crippen LogP contribution in [0.15, 0.2) is 30.7 Å². The smallest absolute Gasteiger partial charge is 0.300 e. The van der Waals surface area contributed by atoms with Gasteiger partial charge in [0.1, 0.15) is 11.6 Å². The Morgan fingerprint density at radius 1 is 1.30 bits per heavy atom. The Morgan fingerprint density at radius 3 is 2.74 bits per heavy atom. The number of hydrogen-bond acceptors (Lipinski definition) is 6. The molecule has 1 atom stereocenters. The SMILES string of the molecule is CC(=O)O.Nc1cc(-c2nccn2C2CCOC3(CCOCC3)C2)ccn1. The van der Waals surface area contributed by atoms with E-state index in [1.165, 1.54) is 0 Å². The third-order valence-electron chi connectivity index (χ3n) is 4.97. The number of nitrogens with zero attached hydrogens (tertiary/aromatic N) is 3. The summed E-state index contributed by atoms with van der Waals surface area (Å²) in [4.78, 5) is 17.6. The molecule has 2 aromatic heterocycles. The predicted octanol–water partition coefficient (Wildman–Crippen LogP) is 2.52. The van der Waals surface area contributed by atoms with Gasteiger partial charge in [0.2, 0.25) is 0 Å². The highest BCUT2D eigenvalue weighted by molar-refractivity contribution is 5.63. The average Bonchev–Trinajstić information content (AvgIpc) is 3.12. The van der Waals surface area contributed by atoms with E-state index in [9.17, 15) is 0 Å². The minimum atomic E-state index is -0.833. The summed E-state index contributed by atoms with van der Waals surface area (Å²) in [5.41, 5.74) is 6.80. The van der Waals surface area contributed by atoms with E-state index in [1.54, 1.807) is 6.20 Å². The van der Waals surface area contributed by atoms with Gasteiger partial charge in [0, 0.05) is 56.9 Å². The largest absolute Gasteiger partial charge is 0.481 e. The minimum Gasteiger partial charge on any atom is -0.481 e. The van der Waals surface area contributed by atoms with Gasteiger partial charge >= 0.3 is 0 Å². The van der Waals surface area contributed by atoms with Crippen LogP contribution in [-0.2, 0) is 14.3 Å². The van der Waals surface area contributed by atoms with Gasteiger partial charge in [-0.15, -0.1) is 0 Å². The number of carboxylic acids is 1. The number of nitrogens with two attached hydrogens (primary N) is 1. The van der Waals surface area contributed by atoms with E-state index >= 15 is 0 Å². The number of pyridine rings is 1. The molecule has 0 aliphatic carbocycles. The molecule has 0 aromatic carbocycles. The van der Waals surface area contributed by atoms with E-state index in [2.05, 4.69) is 20.7 Å². The van der Waals surface area contributed by atoms with Crippen LogP contribution in [0.5, 0.6) is 0 Å². The molecule has 27 heavy (non-hydrogen) atoms. The average molecular weight is 374 g/mol. The van der Waals surface area contributed by atoms with E-state index in [1.807, 2.05) is 18.3 Å². The van der Waals surface area contributed by atoms with Crippen LogP contribution < -0.4 is 5.73 Å². The van der Waals surface area contributed by atoms with Crippen molar-refractivity contribution < 1.29 is 19.4 Å². The maximum absolute atomic E-state index is 9.00. The Hall–Kier alpha value is -2.45. The van der Waals surface area contributed by atoms with Gasteiger partial charge < -0.3 is 24.9 Å². The number of nitrogen functional groups attached to an aromatic ring is 1. The molecule has 8 nitrogen and oxygen atoms in total. The second kappa shape index (κ2) is 8.49. The van der Waals surface area contributed by atoms with Crippen molar-refractivity contribution in [3.05, 3.63) is 30.7 Å². The summed E-state index contributed by atoms with van der Waals surface area (Å²) in [6.07, 6.45) is 9.64. The summed E-state index contributed by atoms with van der Waals surface area (Å²) in [6.45, 7) is 3.47. The van der Waals surface area contributed by atoms with Gasteiger partial charge in [-0.25, -0.2) is 9.97 Å². The Balaban J connectivity index is 0.000000481. The molecule has 4 heterocycles. The number of rotatable bonds is 2. The Kier molecular flexibility index (Phi) is 6.08. The lowest BCUT2D eigenvalue weighted by atomic mass is 9.84. The maximum atomic E-state index is 9.00. The number of ether oxygens (including phenoxy) is 2. The van der Waals surface area contributed by atoms with Gasteiger partial charge in [0.05, 0.1) is 5.60 Å². The Labute approximate surface area is 158 Å². The standard InChI is InChI=1S/C17H22N4O2.C2H4O2/c18-15-11-13(1-5-19-15)16-20-6-7-21(16)14-2-8-23-17(12-14)3-9-22-10-4-17;1-2(3)4/h1,5-7,11,14H,2-4,8-10,12H2,(H2,18,19);1H3,(H,3,4). The van der Waals surface area contributed by atoms with Crippen LogP contribution in [0.4, 0.5) is 5.82 Å². The van der Waals surface area contributed by atoms with E-state index in [4.69, 9.17) is 25.1 Å². The minimum absolute atomic E-state index is 0.0278. The molecule has 0 amide bonds. The first-order valence-corrected chi connectivity index (χ1v) is 9.15. The number of hydrogen-bond donors (Lipinski definition) is 2. The molecule has 0 bridgehead atoms. The lowest BCUT2D eigenvalue weighted by Gasteiger charge is -2.43. The monoisotopic (exact) mass is 374 g/mol. The lowest BCUT2D eigenvalue weighted by Crippen LogP contribution is -2.44. The summed E-state index contributed by atoms with van der Waals surface area (Å²) in [6, 6.07) is 4.23. The number of anilines is 1. The van der Waals surface area contributed by atoms with Crippen LogP contribution in [0, 0.1) is 0 Å². The van der Waals surface area contributed by atoms with E-state index in [0.29, 0.717) is 11.9 Å². The van der Waals surface area contributed by atoms with Crippen LogP contribution in [0.25, 0.3) is 11.4 Å². The fourth-order valence-electron chi connectivity index (χ4n) is 3.75. The van der Waals surface area contributed by atoms with Crippen molar-refractivity contribution in [1.82, 2.24) is 14.5 Å². The second-order valence-corrected chi connectivity index (χ2v) is 6.94. The first-order valence-electron chi connectivity index (χ1n) is 9.15. The van der Waals surface area contributed by atoms with Crippen molar-refractivity contribution in [3.63, 3.8) is 0 Å². The van der Waals surface area contributed by atoms with Crippen LogP contribution in [0.1, 0.15) is 38.6 Å². The fraction of sp³-hybridized carbons (Fsp3) is 0.526. The quantitative estimate of drug-likeness (QED) is 0.830. The van der Waals surface area contributed by atoms with E-state index in [-0.39, 0.29) is 5.60 Å². The zero-order chi connectivity index (χ0) is 19.3.